The molecule has 6 N–H and O–H groups in total. The van der Waals surface area contributed by atoms with Gasteiger partial charge in [0, 0.05) is 6.54 Å². The number of nitrogens with one attached hydrogen (secondary N) is 2. The highest BCUT2D eigenvalue weighted by molar-refractivity contribution is 5.77. The molecule has 0 fully saturated rings. The van der Waals surface area contributed by atoms with Crippen molar-refractivity contribution in [3.8, 4) is 0 Å². The van der Waals surface area contributed by atoms with Crippen LogP contribution in [0.15, 0.2) is 36.5 Å². The topological polar surface area (TPSA) is 142 Å². The van der Waals surface area contributed by atoms with Crippen molar-refractivity contribution in [2.45, 2.75) is 89.6 Å². The molecule has 0 saturated heterocycles. The second-order valence-electron chi connectivity index (χ2n) is 7.76. The normalized spacial score (nSPS) is 13.7. The van der Waals surface area contributed by atoms with Gasteiger partial charge < -0.3 is 21.3 Å². The van der Waals surface area contributed by atoms with Gasteiger partial charge in [0.1, 0.15) is 12.1 Å². The molecule has 0 spiro atoms. The molecule has 0 rings (SSSR count). The Bertz CT molecular complexity index is 617. The summed E-state index contributed by atoms with van der Waals surface area (Å²) in [5.41, 5.74) is 4.96. The third kappa shape index (κ3) is 18.2. The maximum Gasteiger partial charge on any atom is 0.320 e. The largest absolute Gasteiger partial charge is 0.480 e. The van der Waals surface area contributed by atoms with E-state index in [2.05, 4.69) is 35.8 Å². The van der Waals surface area contributed by atoms with Gasteiger partial charge in [0.15, 0.2) is 0 Å². The highest BCUT2D eigenvalue weighted by Crippen LogP contribution is 2.10. The zero-order chi connectivity index (χ0) is 24.0. The van der Waals surface area contributed by atoms with E-state index in [-0.39, 0.29) is 13.0 Å². The lowest BCUT2D eigenvalue weighted by Gasteiger charge is -2.20. The van der Waals surface area contributed by atoms with Crippen LogP contribution in [0.3, 0.4) is 0 Å². The number of rotatable bonds is 20. The van der Waals surface area contributed by atoms with E-state index in [1.54, 1.807) is 0 Å². The van der Waals surface area contributed by atoms with Crippen molar-refractivity contribution < 1.29 is 24.6 Å². The molecule has 0 aromatic heterocycles. The average molecular weight is 452 g/mol. The van der Waals surface area contributed by atoms with E-state index in [0.717, 1.165) is 32.1 Å². The first-order valence-electron chi connectivity index (χ1n) is 11.6. The minimum absolute atomic E-state index is 0.203. The Kier molecular flexibility index (Phi) is 18.6. The summed E-state index contributed by atoms with van der Waals surface area (Å²) in [5, 5.41) is 23.8. The summed E-state index contributed by atoms with van der Waals surface area (Å²) in [6.45, 7) is 2.43. The second-order valence-corrected chi connectivity index (χ2v) is 7.76. The molecule has 0 bridgehead atoms. The lowest BCUT2D eigenvalue weighted by atomic mass is 10.0. The molecular weight excluding hydrogens is 410 g/mol. The quantitative estimate of drug-likeness (QED) is 0.139. The van der Waals surface area contributed by atoms with Gasteiger partial charge >= 0.3 is 18.0 Å². The van der Waals surface area contributed by atoms with E-state index < -0.39 is 30.1 Å². The number of urea groups is 1. The highest BCUT2D eigenvalue weighted by Gasteiger charge is 2.25. The van der Waals surface area contributed by atoms with E-state index >= 15 is 0 Å². The molecule has 0 aromatic rings. The predicted molar refractivity (Wildman–Crippen MR) is 127 cm³/mol. The smallest absolute Gasteiger partial charge is 0.320 e. The van der Waals surface area contributed by atoms with E-state index in [0.29, 0.717) is 19.3 Å². The zero-order valence-electron chi connectivity index (χ0n) is 19.3. The fraction of sp³-hybridized carbons (Fsp3) is 0.625. The van der Waals surface area contributed by atoms with Crippen molar-refractivity contribution in [1.29, 1.82) is 0 Å². The van der Waals surface area contributed by atoms with Gasteiger partial charge in [-0.25, -0.2) is 4.79 Å². The van der Waals surface area contributed by atoms with Crippen molar-refractivity contribution in [3.05, 3.63) is 36.5 Å². The number of amides is 2. The van der Waals surface area contributed by atoms with Gasteiger partial charge in [0.25, 0.3) is 0 Å². The van der Waals surface area contributed by atoms with Gasteiger partial charge in [0.05, 0.1) is 0 Å². The van der Waals surface area contributed by atoms with Crippen LogP contribution in [0.2, 0.25) is 0 Å². The number of carboxylic acid groups (broad SMARTS) is 2. The van der Waals surface area contributed by atoms with Crippen molar-refractivity contribution in [3.63, 3.8) is 0 Å². The summed E-state index contributed by atoms with van der Waals surface area (Å²) < 4.78 is 0. The van der Waals surface area contributed by atoms with Crippen LogP contribution in [0, 0.1) is 0 Å². The molecule has 0 aromatic carbocycles. The fourth-order valence-electron chi connectivity index (χ4n) is 3.08. The van der Waals surface area contributed by atoms with Crippen LogP contribution in [0.5, 0.6) is 0 Å². The average Bonchev–Trinajstić information content (AvgIpc) is 2.74. The molecule has 0 aliphatic rings. The van der Waals surface area contributed by atoms with E-state index in [9.17, 15) is 24.6 Å². The Morgan fingerprint density at radius 3 is 1.84 bits per heavy atom. The van der Waals surface area contributed by atoms with Crippen LogP contribution < -0.4 is 16.4 Å². The highest BCUT2D eigenvalue weighted by atomic mass is 16.4. The molecule has 0 aliphatic carbocycles. The van der Waals surface area contributed by atoms with Gasteiger partial charge in [0.2, 0.25) is 0 Å². The molecule has 2 atom stereocenters. The number of unbranched alkanes of at least 4 members (excludes halogenated alkanes) is 6. The number of carbonyl (C=O) groups excluding carboxylic acids is 1. The summed E-state index contributed by atoms with van der Waals surface area (Å²) in [4.78, 5) is 33.5. The van der Waals surface area contributed by atoms with Crippen LogP contribution in [0.1, 0.15) is 77.6 Å². The summed E-state index contributed by atoms with van der Waals surface area (Å²) >= 11 is 0. The monoisotopic (exact) mass is 451 g/mol. The summed E-state index contributed by atoms with van der Waals surface area (Å²) in [6, 6.07) is -2.56. The summed E-state index contributed by atoms with van der Waals surface area (Å²) in [5.74, 6) is -2.16. The number of carbonyl (C=O) groups is 3. The predicted octanol–water partition coefficient (Wildman–Crippen LogP) is 4.13. The van der Waals surface area contributed by atoms with Gasteiger partial charge in [-0.15, -0.1) is 0 Å². The standard InChI is InChI=1S/C24H41N3O5/c1-2-3-4-5-6-7-8-9-10-11-12-13-14-15-17-20(22(28)29)27-21(23(30)31)18-16-19-26-24(25)32/h5-10,20-21,27H,2-4,11-19H2,1H3,(H,28,29)(H,30,31)(H3,25,26,32)/b6-5+,8-7+,10-9-/t20?,21-/m0/s1. The van der Waals surface area contributed by atoms with E-state index in [1.807, 2.05) is 18.2 Å². The van der Waals surface area contributed by atoms with Crippen LogP contribution in [-0.4, -0.2) is 46.8 Å². The fourth-order valence-corrected chi connectivity index (χ4v) is 3.08. The number of aliphatic carboxylic acids is 2. The number of carboxylic acids is 2. The lowest BCUT2D eigenvalue weighted by Crippen LogP contribution is -2.47. The van der Waals surface area contributed by atoms with Crippen molar-refractivity contribution in [1.82, 2.24) is 10.6 Å². The van der Waals surface area contributed by atoms with E-state index in [4.69, 9.17) is 5.73 Å². The van der Waals surface area contributed by atoms with Crippen molar-refractivity contribution in [2.24, 2.45) is 5.73 Å². The van der Waals surface area contributed by atoms with Crippen LogP contribution >= 0.6 is 0 Å². The molecule has 8 heteroatoms. The molecule has 1 unspecified atom stereocenters. The molecule has 0 aliphatic heterocycles. The maximum atomic E-state index is 11.5. The van der Waals surface area contributed by atoms with Gasteiger partial charge in [-0.1, -0.05) is 75.5 Å². The zero-order valence-corrected chi connectivity index (χ0v) is 19.3. The Morgan fingerprint density at radius 2 is 1.31 bits per heavy atom. The molecule has 2 amide bonds. The molecule has 0 radical (unpaired) electrons. The Morgan fingerprint density at radius 1 is 0.781 bits per heavy atom. The van der Waals surface area contributed by atoms with Crippen LogP contribution in [-0.2, 0) is 9.59 Å². The SMILES string of the molecule is CCCC/C=C/C=C/C=C\CCCCCCC(N[C@@H](CCCNC(N)=O)C(=O)O)C(=O)O. The minimum Gasteiger partial charge on any atom is -0.480 e. The third-order valence-electron chi connectivity index (χ3n) is 4.91. The summed E-state index contributed by atoms with van der Waals surface area (Å²) in [6.07, 6.45) is 21.6. The second kappa shape index (κ2) is 20.3. The molecule has 0 heterocycles. The Labute approximate surface area is 192 Å². The lowest BCUT2D eigenvalue weighted by molar-refractivity contribution is -0.142. The first kappa shape index (κ1) is 29.4. The molecular formula is C24H41N3O5. The van der Waals surface area contributed by atoms with Crippen molar-refractivity contribution in [2.75, 3.05) is 6.54 Å². The maximum absolute atomic E-state index is 11.5. The third-order valence-corrected chi connectivity index (χ3v) is 4.91. The molecule has 182 valence electrons. The first-order chi connectivity index (χ1) is 15.4. The molecule has 32 heavy (non-hydrogen) atoms. The van der Waals surface area contributed by atoms with E-state index in [1.165, 1.54) is 12.8 Å². The molecule has 8 nitrogen and oxygen atoms in total. The number of allylic oxidation sites excluding steroid dienone is 6. The van der Waals surface area contributed by atoms with Gasteiger partial charge in [-0.2, -0.15) is 0 Å². The number of hydrogen-bond acceptors (Lipinski definition) is 4. The Hall–Kier alpha value is -2.61. The van der Waals surface area contributed by atoms with Crippen molar-refractivity contribution >= 4 is 18.0 Å². The number of primary amides is 1. The van der Waals surface area contributed by atoms with Gasteiger partial charge in [-0.3, -0.25) is 14.9 Å². The summed E-state index contributed by atoms with van der Waals surface area (Å²) in [7, 11) is 0. The van der Waals surface area contributed by atoms with Crippen LogP contribution in [0.4, 0.5) is 4.79 Å². The van der Waals surface area contributed by atoms with Gasteiger partial charge in [-0.05, 0) is 38.5 Å². The number of hydrogen-bond donors (Lipinski definition) is 5. The van der Waals surface area contributed by atoms with Crippen LogP contribution in [0.25, 0.3) is 0 Å². The Balaban J connectivity index is 4.06. The minimum atomic E-state index is -1.10. The molecule has 0 saturated carbocycles. The number of nitrogens with two attached hydrogens (primary N) is 1. The first-order valence-corrected chi connectivity index (χ1v) is 11.6.